The van der Waals surface area contributed by atoms with Crippen molar-refractivity contribution in [3.05, 3.63) is 24.3 Å². The Morgan fingerprint density at radius 3 is 2.25 bits per heavy atom. The number of nitrogens with zero attached hydrogens (tertiary/aromatic N) is 2. The Kier molecular flexibility index (Phi) is 4.25. The van der Waals surface area contributed by atoms with Crippen molar-refractivity contribution >= 4 is 17.6 Å². The summed E-state index contributed by atoms with van der Waals surface area (Å²) in [5, 5.41) is 3.37. The van der Waals surface area contributed by atoms with E-state index in [4.69, 9.17) is 4.74 Å². The van der Waals surface area contributed by atoms with Gasteiger partial charge in [0.15, 0.2) is 0 Å². The molecular weight excluding hydrogens is 354 g/mol. The van der Waals surface area contributed by atoms with Crippen LogP contribution in [-0.2, 0) is 4.79 Å². The molecule has 6 heteroatoms. The molecule has 4 bridgehead atoms. The van der Waals surface area contributed by atoms with Gasteiger partial charge in [-0.1, -0.05) is 0 Å². The quantitative estimate of drug-likeness (QED) is 0.850. The zero-order chi connectivity index (χ0) is 19.3. The number of hydrogen-bond acceptors (Lipinski definition) is 3. The van der Waals surface area contributed by atoms with Gasteiger partial charge in [0.1, 0.15) is 12.3 Å². The molecule has 4 saturated carbocycles. The Morgan fingerprint density at radius 2 is 1.68 bits per heavy atom. The number of carbonyl (C=O) groups is 2. The molecule has 150 valence electrons. The molecule has 0 unspecified atom stereocenters. The Morgan fingerprint density at radius 1 is 1.07 bits per heavy atom. The first-order chi connectivity index (χ1) is 13.5. The third-order valence-electron chi connectivity index (χ3n) is 7.26. The lowest BCUT2D eigenvalue weighted by Crippen LogP contribution is -2.61. The molecule has 1 saturated heterocycles. The first-order valence-electron chi connectivity index (χ1n) is 10.5. The average molecular weight is 383 g/mol. The lowest BCUT2D eigenvalue weighted by Gasteiger charge is -2.57. The topological polar surface area (TPSA) is 61.9 Å². The van der Waals surface area contributed by atoms with Crippen molar-refractivity contribution in [3.63, 3.8) is 0 Å². The van der Waals surface area contributed by atoms with Crippen molar-refractivity contribution in [1.82, 2.24) is 10.2 Å². The van der Waals surface area contributed by atoms with Gasteiger partial charge in [0.05, 0.1) is 7.11 Å². The van der Waals surface area contributed by atoms with Crippen LogP contribution >= 0.6 is 0 Å². The van der Waals surface area contributed by atoms with E-state index in [2.05, 4.69) is 5.32 Å². The van der Waals surface area contributed by atoms with Crippen LogP contribution in [0.5, 0.6) is 5.75 Å². The fraction of sp³-hybridized carbons (Fsp3) is 0.636. The molecular formula is C22H29N3O3. The minimum atomic E-state index is -0.0918. The zero-order valence-corrected chi connectivity index (χ0v) is 16.5. The molecule has 0 spiro atoms. The highest BCUT2D eigenvalue weighted by Crippen LogP contribution is 2.55. The molecule has 1 aromatic rings. The van der Waals surface area contributed by atoms with Gasteiger partial charge in [-0.05, 0) is 80.5 Å². The van der Waals surface area contributed by atoms with Crippen molar-refractivity contribution in [2.45, 2.75) is 44.1 Å². The van der Waals surface area contributed by atoms with Crippen LogP contribution in [0.2, 0.25) is 0 Å². The minimum absolute atomic E-state index is 0.00424. The van der Waals surface area contributed by atoms with Crippen LogP contribution in [0.15, 0.2) is 24.3 Å². The summed E-state index contributed by atoms with van der Waals surface area (Å²) in [6.45, 7) is 1.35. The van der Waals surface area contributed by atoms with E-state index in [0.717, 1.165) is 48.5 Å². The second-order valence-corrected chi connectivity index (χ2v) is 9.30. The Bertz CT molecular complexity index is 740. The molecule has 28 heavy (non-hydrogen) atoms. The highest BCUT2D eigenvalue weighted by molar-refractivity contribution is 5.96. The number of benzene rings is 1. The standard InChI is InChI=1S/C22H29N3O3/c1-28-19-4-2-18(3-5-19)25-7-6-24(21(25)27)14-20(26)23-22-11-15-8-16(12-22)10-17(9-15)13-22/h2-5,15-17H,6-14H2,1H3,(H,23,26). The van der Waals surface area contributed by atoms with Crippen molar-refractivity contribution in [2.24, 2.45) is 17.8 Å². The summed E-state index contributed by atoms with van der Waals surface area (Å²) >= 11 is 0. The van der Waals surface area contributed by atoms with Gasteiger partial charge in [0.2, 0.25) is 5.91 Å². The predicted molar refractivity (Wildman–Crippen MR) is 106 cm³/mol. The first-order valence-corrected chi connectivity index (χ1v) is 10.5. The van der Waals surface area contributed by atoms with Gasteiger partial charge in [-0.2, -0.15) is 0 Å². The van der Waals surface area contributed by atoms with E-state index in [0.29, 0.717) is 13.1 Å². The summed E-state index contributed by atoms with van der Waals surface area (Å²) in [6, 6.07) is 7.38. The highest BCUT2D eigenvalue weighted by Gasteiger charge is 2.51. The highest BCUT2D eigenvalue weighted by atomic mass is 16.5. The van der Waals surface area contributed by atoms with E-state index >= 15 is 0 Å². The number of rotatable bonds is 5. The molecule has 0 aromatic heterocycles. The molecule has 0 atom stereocenters. The summed E-state index contributed by atoms with van der Waals surface area (Å²) in [7, 11) is 1.63. The van der Waals surface area contributed by atoms with Gasteiger partial charge < -0.3 is 15.0 Å². The third kappa shape index (κ3) is 3.12. The van der Waals surface area contributed by atoms with Gasteiger partial charge in [0, 0.05) is 24.3 Å². The number of amides is 3. The van der Waals surface area contributed by atoms with Crippen LogP contribution in [0.3, 0.4) is 0 Å². The summed E-state index contributed by atoms with van der Waals surface area (Å²) in [6.07, 6.45) is 7.48. The van der Waals surface area contributed by atoms with Gasteiger partial charge >= 0.3 is 6.03 Å². The molecule has 6 rings (SSSR count). The molecule has 1 aliphatic heterocycles. The summed E-state index contributed by atoms with van der Waals surface area (Å²) in [5.74, 6) is 3.16. The number of hydrogen-bond donors (Lipinski definition) is 1. The fourth-order valence-electron chi connectivity index (χ4n) is 6.50. The van der Waals surface area contributed by atoms with Gasteiger partial charge in [0.25, 0.3) is 0 Å². The van der Waals surface area contributed by atoms with Crippen LogP contribution in [0.4, 0.5) is 10.5 Å². The van der Waals surface area contributed by atoms with Gasteiger partial charge in [-0.3, -0.25) is 9.69 Å². The monoisotopic (exact) mass is 383 g/mol. The van der Waals surface area contributed by atoms with Crippen LogP contribution < -0.4 is 15.0 Å². The van der Waals surface area contributed by atoms with E-state index < -0.39 is 0 Å². The van der Waals surface area contributed by atoms with E-state index in [1.807, 2.05) is 24.3 Å². The molecule has 4 aliphatic carbocycles. The normalized spacial score (nSPS) is 33.5. The third-order valence-corrected chi connectivity index (χ3v) is 7.26. The molecule has 5 fully saturated rings. The largest absolute Gasteiger partial charge is 0.497 e. The smallest absolute Gasteiger partial charge is 0.325 e. The maximum atomic E-state index is 12.8. The number of ether oxygens (including phenoxy) is 1. The molecule has 1 heterocycles. The second kappa shape index (κ2) is 6.68. The zero-order valence-electron chi connectivity index (χ0n) is 16.5. The number of nitrogens with one attached hydrogen (secondary N) is 1. The maximum absolute atomic E-state index is 12.8. The van der Waals surface area contributed by atoms with Crippen molar-refractivity contribution in [1.29, 1.82) is 0 Å². The fourth-order valence-corrected chi connectivity index (χ4v) is 6.50. The van der Waals surface area contributed by atoms with Crippen LogP contribution in [0.1, 0.15) is 38.5 Å². The van der Waals surface area contributed by atoms with Crippen molar-refractivity contribution < 1.29 is 14.3 Å². The lowest BCUT2D eigenvalue weighted by atomic mass is 9.53. The molecule has 1 N–H and O–H groups in total. The number of urea groups is 1. The Hall–Kier alpha value is -2.24. The number of anilines is 1. The second-order valence-electron chi connectivity index (χ2n) is 9.30. The maximum Gasteiger partial charge on any atom is 0.325 e. The van der Waals surface area contributed by atoms with Crippen molar-refractivity contribution in [3.8, 4) is 5.75 Å². The van der Waals surface area contributed by atoms with Crippen LogP contribution in [0.25, 0.3) is 0 Å². The summed E-state index contributed by atoms with van der Waals surface area (Å²) < 4.78 is 5.18. The number of carbonyl (C=O) groups excluding carboxylic acids is 2. The van der Waals surface area contributed by atoms with E-state index in [1.165, 1.54) is 19.3 Å². The van der Waals surface area contributed by atoms with E-state index in [1.54, 1.807) is 16.9 Å². The summed E-state index contributed by atoms with van der Waals surface area (Å²) in [5.41, 5.74) is 0.847. The molecule has 0 radical (unpaired) electrons. The van der Waals surface area contributed by atoms with E-state index in [9.17, 15) is 9.59 Å². The van der Waals surface area contributed by atoms with Crippen LogP contribution in [0, 0.1) is 17.8 Å². The first kappa shape index (κ1) is 17.8. The molecule has 3 amide bonds. The average Bonchev–Trinajstić information content (AvgIpc) is 3.00. The van der Waals surface area contributed by atoms with Gasteiger partial charge in [-0.15, -0.1) is 0 Å². The van der Waals surface area contributed by atoms with Crippen LogP contribution in [-0.4, -0.2) is 49.1 Å². The van der Waals surface area contributed by atoms with Crippen molar-refractivity contribution in [2.75, 3.05) is 31.6 Å². The molecule has 1 aromatic carbocycles. The molecule has 5 aliphatic rings. The Balaban J connectivity index is 1.21. The molecule has 6 nitrogen and oxygen atoms in total. The minimum Gasteiger partial charge on any atom is -0.497 e. The Labute approximate surface area is 166 Å². The number of methoxy groups -OCH3 is 1. The van der Waals surface area contributed by atoms with Gasteiger partial charge in [-0.25, -0.2) is 4.79 Å². The SMILES string of the molecule is COc1ccc(N2CCN(CC(=O)NC34CC5CC(CC(C5)C3)C4)C2=O)cc1. The summed E-state index contributed by atoms with van der Waals surface area (Å²) in [4.78, 5) is 29.0. The predicted octanol–water partition coefficient (Wildman–Crippen LogP) is 3.02. The lowest BCUT2D eigenvalue weighted by molar-refractivity contribution is -0.127. The van der Waals surface area contributed by atoms with E-state index in [-0.39, 0.29) is 24.0 Å².